The minimum Gasteiger partial charge on any atom is -0.493 e. The summed E-state index contributed by atoms with van der Waals surface area (Å²) in [6.45, 7) is 2.13. The molecule has 2 heterocycles. The maximum atomic E-state index is 14.3. The van der Waals surface area contributed by atoms with Crippen LogP contribution in [0.15, 0.2) is 59.1 Å². The summed E-state index contributed by atoms with van der Waals surface area (Å²) < 4.78 is 16.6. The fraction of sp³-hybridized carbons (Fsp3) is 0.214. The van der Waals surface area contributed by atoms with E-state index in [-0.39, 0.29) is 5.91 Å². The Kier molecular flexibility index (Phi) is 7.08. The standard InChI is InChI=1S/C28H23Cl3N2O4/c1-15-24(26(32-37-15)25-20(30)9-6-10-21(25)31)28(34)33-12-11-16-13-22(35-2)23(36-3)14-18(16)27(33)17-7-4-5-8-19(17)29/h4-10,13-14,27H,11-12H2,1-3H3/t27-/m1/s1. The molecule has 0 bridgehead atoms. The third-order valence-corrected chi connectivity index (χ3v) is 7.58. The summed E-state index contributed by atoms with van der Waals surface area (Å²) in [5, 5.41) is 5.47. The van der Waals surface area contributed by atoms with E-state index in [1.807, 2.05) is 36.4 Å². The zero-order valence-electron chi connectivity index (χ0n) is 20.3. The van der Waals surface area contributed by atoms with Crippen molar-refractivity contribution in [1.29, 1.82) is 0 Å². The van der Waals surface area contributed by atoms with Crippen LogP contribution in [0.2, 0.25) is 15.1 Å². The van der Waals surface area contributed by atoms with Crippen molar-refractivity contribution in [2.45, 2.75) is 19.4 Å². The van der Waals surface area contributed by atoms with Crippen molar-refractivity contribution in [3.05, 3.63) is 97.7 Å². The highest BCUT2D eigenvalue weighted by molar-refractivity contribution is 6.39. The number of rotatable bonds is 5. The first-order valence-corrected chi connectivity index (χ1v) is 12.7. The molecule has 0 spiro atoms. The number of halogens is 3. The molecule has 0 unspecified atom stereocenters. The van der Waals surface area contributed by atoms with Gasteiger partial charge in [-0.1, -0.05) is 64.2 Å². The van der Waals surface area contributed by atoms with Gasteiger partial charge < -0.3 is 18.9 Å². The molecule has 5 rings (SSSR count). The van der Waals surface area contributed by atoms with Crippen molar-refractivity contribution in [2.75, 3.05) is 20.8 Å². The van der Waals surface area contributed by atoms with Gasteiger partial charge in [0.1, 0.15) is 17.0 Å². The Labute approximate surface area is 229 Å². The normalized spacial score (nSPS) is 14.9. The lowest BCUT2D eigenvalue weighted by Gasteiger charge is -2.38. The number of hydrogen-bond acceptors (Lipinski definition) is 5. The second kappa shape index (κ2) is 10.3. The molecule has 1 atom stereocenters. The van der Waals surface area contributed by atoms with Crippen LogP contribution in [0, 0.1) is 6.92 Å². The molecule has 37 heavy (non-hydrogen) atoms. The first-order valence-electron chi connectivity index (χ1n) is 11.6. The summed E-state index contributed by atoms with van der Waals surface area (Å²) in [7, 11) is 3.19. The number of aryl methyl sites for hydroxylation is 1. The molecule has 1 aliphatic rings. The number of benzene rings is 3. The first kappa shape index (κ1) is 25.5. The fourth-order valence-corrected chi connectivity index (χ4v) is 5.67. The number of methoxy groups -OCH3 is 2. The van der Waals surface area contributed by atoms with Gasteiger partial charge in [0.25, 0.3) is 5.91 Å². The van der Waals surface area contributed by atoms with Crippen LogP contribution in [-0.2, 0) is 6.42 Å². The van der Waals surface area contributed by atoms with Crippen molar-refractivity contribution < 1.29 is 18.8 Å². The molecule has 9 heteroatoms. The summed E-state index contributed by atoms with van der Waals surface area (Å²) in [6, 6.07) is 16.0. The van der Waals surface area contributed by atoms with Crippen LogP contribution < -0.4 is 9.47 Å². The predicted octanol–water partition coefficient (Wildman–Crippen LogP) is 7.42. The van der Waals surface area contributed by atoms with Gasteiger partial charge in [0.05, 0.1) is 30.3 Å². The van der Waals surface area contributed by atoms with Crippen molar-refractivity contribution in [1.82, 2.24) is 10.1 Å². The van der Waals surface area contributed by atoms with Gasteiger partial charge in [0.2, 0.25) is 0 Å². The Morgan fingerprint density at radius 3 is 2.27 bits per heavy atom. The number of carbonyl (C=O) groups excluding carboxylic acids is 1. The van der Waals surface area contributed by atoms with Gasteiger partial charge in [-0.3, -0.25) is 4.79 Å². The van der Waals surface area contributed by atoms with Crippen LogP contribution in [0.3, 0.4) is 0 Å². The van der Waals surface area contributed by atoms with Gasteiger partial charge in [-0.05, 0) is 60.4 Å². The van der Waals surface area contributed by atoms with Gasteiger partial charge in [-0.15, -0.1) is 0 Å². The highest BCUT2D eigenvalue weighted by Gasteiger charge is 2.38. The monoisotopic (exact) mass is 556 g/mol. The molecule has 4 aromatic rings. The first-order chi connectivity index (χ1) is 17.8. The van der Waals surface area contributed by atoms with Gasteiger partial charge in [-0.2, -0.15) is 0 Å². The molecule has 0 saturated carbocycles. The highest BCUT2D eigenvalue weighted by atomic mass is 35.5. The van der Waals surface area contributed by atoms with E-state index in [0.717, 1.165) is 16.7 Å². The third kappa shape index (κ3) is 4.43. The number of amides is 1. The second-order valence-corrected chi connectivity index (χ2v) is 9.86. The Hall–Kier alpha value is -3.19. The zero-order chi connectivity index (χ0) is 26.3. The molecule has 1 amide bonds. The van der Waals surface area contributed by atoms with Crippen LogP contribution in [0.1, 0.15) is 38.9 Å². The van der Waals surface area contributed by atoms with Crippen LogP contribution in [-0.4, -0.2) is 36.7 Å². The third-order valence-electron chi connectivity index (χ3n) is 6.61. The zero-order valence-corrected chi connectivity index (χ0v) is 22.6. The molecule has 1 aliphatic heterocycles. The molecule has 0 saturated heterocycles. The molecule has 3 aromatic carbocycles. The number of aromatic nitrogens is 1. The Morgan fingerprint density at radius 1 is 0.946 bits per heavy atom. The summed E-state index contributed by atoms with van der Waals surface area (Å²) in [4.78, 5) is 16.1. The number of fused-ring (bicyclic) bond motifs is 1. The smallest absolute Gasteiger partial charge is 0.260 e. The lowest BCUT2D eigenvalue weighted by molar-refractivity contribution is 0.0693. The summed E-state index contributed by atoms with van der Waals surface area (Å²) in [5.74, 6) is 1.30. The second-order valence-electron chi connectivity index (χ2n) is 8.64. The Morgan fingerprint density at radius 2 is 1.59 bits per heavy atom. The summed E-state index contributed by atoms with van der Waals surface area (Å²) in [5.41, 5.74) is 3.78. The topological polar surface area (TPSA) is 64.8 Å². The van der Waals surface area contributed by atoms with E-state index >= 15 is 0 Å². The van der Waals surface area contributed by atoms with Gasteiger partial charge in [-0.25, -0.2) is 0 Å². The molecule has 0 aliphatic carbocycles. The predicted molar refractivity (Wildman–Crippen MR) is 144 cm³/mol. The molecule has 1 aromatic heterocycles. The average molecular weight is 558 g/mol. The minimum atomic E-state index is -0.492. The largest absolute Gasteiger partial charge is 0.493 e. The Bertz CT molecular complexity index is 1480. The molecule has 0 N–H and O–H groups in total. The fourth-order valence-electron chi connectivity index (χ4n) is 4.86. The molecule has 6 nitrogen and oxygen atoms in total. The molecule has 190 valence electrons. The van der Waals surface area contributed by atoms with Gasteiger partial charge in [0.15, 0.2) is 11.5 Å². The van der Waals surface area contributed by atoms with E-state index in [2.05, 4.69) is 5.16 Å². The Balaban J connectivity index is 1.69. The van der Waals surface area contributed by atoms with Gasteiger partial charge in [0, 0.05) is 17.1 Å². The number of carbonyl (C=O) groups is 1. The van der Waals surface area contributed by atoms with Crippen molar-refractivity contribution in [3.63, 3.8) is 0 Å². The lowest BCUT2D eigenvalue weighted by Crippen LogP contribution is -2.41. The maximum Gasteiger partial charge on any atom is 0.260 e. The van der Waals surface area contributed by atoms with Crippen LogP contribution in [0.5, 0.6) is 11.5 Å². The van der Waals surface area contributed by atoms with Crippen molar-refractivity contribution in [2.24, 2.45) is 0 Å². The summed E-state index contributed by atoms with van der Waals surface area (Å²) >= 11 is 19.6. The highest BCUT2D eigenvalue weighted by Crippen LogP contribution is 2.44. The molecular formula is C28H23Cl3N2O4. The number of hydrogen-bond donors (Lipinski definition) is 0. The maximum absolute atomic E-state index is 14.3. The van der Waals surface area contributed by atoms with Crippen LogP contribution in [0.4, 0.5) is 0 Å². The van der Waals surface area contributed by atoms with E-state index in [1.165, 1.54) is 0 Å². The average Bonchev–Trinajstić information content (AvgIpc) is 3.27. The van der Waals surface area contributed by atoms with E-state index in [1.54, 1.807) is 44.2 Å². The van der Waals surface area contributed by atoms with Gasteiger partial charge >= 0.3 is 0 Å². The van der Waals surface area contributed by atoms with E-state index in [9.17, 15) is 4.79 Å². The van der Waals surface area contributed by atoms with E-state index in [0.29, 0.717) is 62.1 Å². The van der Waals surface area contributed by atoms with Crippen LogP contribution in [0.25, 0.3) is 11.3 Å². The molecule has 0 radical (unpaired) electrons. The minimum absolute atomic E-state index is 0.268. The number of ether oxygens (including phenoxy) is 2. The SMILES string of the molecule is COc1cc2c(cc1OC)[C@@H](c1ccccc1Cl)N(C(=O)c1c(-c3c(Cl)cccc3Cl)noc1C)CC2. The van der Waals surface area contributed by atoms with Crippen molar-refractivity contribution in [3.8, 4) is 22.8 Å². The van der Waals surface area contributed by atoms with Crippen molar-refractivity contribution >= 4 is 40.7 Å². The van der Waals surface area contributed by atoms with Crippen LogP contribution >= 0.6 is 34.8 Å². The lowest BCUT2D eigenvalue weighted by atomic mass is 9.87. The number of nitrogens with zero attached hydrogens (tertiary/aromatic N) is 2. The summed E-state index contributed by atoms with van der Waals surface area (Å²) in [6.07, 6.45) is 0.606. The quantitative estimate of drug-likeness (QED) is 0.256. The molecular weight excluding hydrogens is 535 g/mol. The molecule has 0 fully saturated rings. The van der Waals surface area contributed by atoms with E-state index < -0.39 is 6.04 Å². The van der Waals surface area contributed by atoms with E-state index in [4.69, 9.17) is 48.8 Å².